The quantitative estimate of drug-likeness (QED) is 0.394. The zero-order chi connectivity index (χ0) is 32.6. The lowest BCUT2D eigenvalue weighted by Crippen LogP contribution is -2.52. The highest BCUT2D eigenvalue weighted by molar-refractivity contribution is 9.10. The SMILES string of the molecule is CN1CCN(C2CCN(Cc3ccc(C(=O)CN(c4nc(C#N)ncc4Br)C4CCCC4)cc3)CC2)CC1.O=C(O)C(F)(F)F. The van der Waals surface area contributed by atoms with Crippen molar-refractivity contribution in [2.45, 2.75) is 63.3 Å². The average molecular weight is 695 g/mol. The number of Topliss-reactive ketones (excluding diaryl/α,β-unsaturated/α-hetero) is 1. The number of piperidine rings is 1. The maximum absolute atomic E-state index is 13.4. The topological polar surface area (TPSA) is 117 Å². The summed E-state index contributed by atoms with van der Waals surface area (Å²) in [5, 5.41) is 16.4. The van der Waals surface area contributed by atoms with Crippen molar-refractivity contribution < 1.29 is 27.9 Å². The van der Waals surface area contributed by atoms with Gasteiger partial charge >= 0.3 is 12.1 Å². The maximum atomic E-state index is 13.4. The van der Waals surface area contributed by atoms with E-state index in [-0.39, 0.29) is 24.2 Å². The molecule has 1 N–H and O–H groups in total. The molecule has 5 rings (SSSR count). The number of likely N-dealkylation sites (N-methyl/N-ethyl adjacent to an activating group) is 1. The third kappa shape index (κ3) is 9.93. The summed E-state index contributed by atoms with van der Waals surface area (Å²) in [6.07, 6.45) is 3.34. The Balaban J connectivity index is 0.000000591. The Kier molecular flexibility index (Phi) is 12.3. The van der Waals surface area contributed by atoms with E-state index in [4.69, 9.17) is 9.90 Å². The molecule has 1 saturated carbocycles. The highest BCUT2D eigenvalue weighted by Gasteiger charge is 2.38. The molecule has 1 aliphatic carbocycles. The first-order chi connectivity index (χ1) is 21.4. The molecular weight excluding hydrogens is 655 g/mol. The Hall–Kier alpha value is -3.12. The van der Waals surface area contributed by atoms with Crippen LogP contribution in [0.25, 0.3) is 0 Å². The van der Waals surface area contributed by atoms with Crippen LogP contribution in [-0.2, 0) is 11.3 Å². The summed E-state index contributed by atoms with van der Waals surface area (Å²) in [5.74, 6) is -1.93. The van der Waals surface area contributed by atoms with Crippen molar-refractivity contribution in [1.29, 1.82) is 5.26 Å². The standard InChI is InChI=1S/C29H38BrN7O.C2HF3O2/c1-34-14-16-36(17-15-34)24-10-12-35(13-11-24)20-22-6-8-23(9-7-22)27(38)21-37(25-4-2-3-5-25)29-26(30)19-32-28(18-31)33-29;3-2(4,5)1(6)7/h6-9,19,24-25H,2-5,10-17,20-21H2,1H3;(H,6,7). The van der Waals surface area contributed by atoms with Crippen molar-refractivity contribution in [3.63, 3.8) is 0 Å². The summed E-state index contributed by atoms with van der Waals surface area (Å²) in [7, 11) is 2.22. The van der Waals surface area contributed by atoms with E-state index in [1.165, 1.54) is 44.6 Å². The number of carbonyl (C=O) groups is 2. The van der Waals surface area contributed by atoms with Crippen LogP contribution in [0.3, 0.4) is 0 Å². The lowest BCUT2D eigenvalue weighted by Gasteiger charge is -2.42. The minimum absolute atomic E-state index is 0.0699. The first-order valence-corrected chi connectivity index (χ1v) is 16.0. The highest BCUT2D eigenvalue weighted by atomic mass is 79.9. The number of halogens is 4. The monoisotopic (exact) mass is 693 g/mol. The van der Waals surface area contributed by atoms with Crippen LogP contribution < -0.4 is 4.90 Å². The second-order valence-electron chi connectivity index (χ2n) is 11.8. The van der Waals surface area contributed by atoms with E-state index < -0.39 is 12.1 Å². The number of anilines is 1. The van der Waals surface area contributed by atoms with Crippen molar-refractivity contribution in [3.8, 4) is 6.07 Å². The number of rotatable bonds is 8. The third-order valence-corrected chi connectivity index (χ3v) is 9.27. The van der Waals surface area contributed by atoms with Gasteiger partial charge in [0.1, 0.15) is 11.9 Å². The summed E-state index contributed by atoms with van der Waals surface area (Å²) >= 11 is 3.54. The maximum Gasteiger partial charge on any atom is 0.490 e. The molecule has 3 fully saturated rings. The van der Waals surface area contributed by atoms with Gasteiger partial charge in [-0.05, 0) is 67.3 Å². The number of aromatic nitrogens is 2. The van der Waals surface area contributed by atoms with Gasteiger partial charge in [0.05, 0.1) is 11.0 Å². The largest absolute Gasteiger partial charge is 0.490 e. The van der Waals surface area contributed by atoms with Gasteiger partial charge in [0.15, 0.2) is 5.78 Å². The number of carboxylic acid groups (broad SMARTS) is 1. The number of nitrogens with zero attached hydrogens (tertiary/aromatic N) is 7. The number of hydrogen-bond donors (Lipinski definition) is 1. The number of alkyl halides is 3. The summed E-state index contributed by atoms with van der Waals surface area (Å²) in [5.41, 5.74) is 1.97. The van der Waals surface area contributed by atoms with Crippen molar-refractivity contribution in [2.24, 2.45) is 0 Å². The summed E-state index contributed by atoms with van der Waals surface area (Å²) in [6, 6.07) is 11.1. The Morgan fingerprint density at radius 3 is 2.20 bits per heavy atom. The number of carbonyl (C=O) groups excluding carboxylic acids is 1. The highest BCUT2D eigenvalue weighted by Crippen LogP contribution is 2.32. The fourth-order valence-electron chi connectivity index (χ4n) is 6.14. The van der Waals surface area contributed by atoms with Crippen molar-refractivity contribution in [2.75, 3.05) is 57.8 Å². The van der Waals surface area contributed by atoms with Crippen molar-refractivity contribution in [1.82, 2.24) is 24.7 Å². The van der Waals surface area contributed by atoms with Gasteiger partial charge < -0.3 is 14.9 Å². The summed E-state index contributed by atoms with van der Waals surface area (Å²) < 4.78 is 32.4. The minimum atomic E-state index is -5.08. The molecule has 1 aromatic heterocycles. The Bertz CT molecular complexity index is 1330. The van der Waals surface area contributed by atoms with E-state index in [0.717, 1.165) is 56.9 Å². The molecule has 0 spiro atoms. The van der Waals surface area contributed by atoms with E-state index in [1.54, 1.807) is 6.20 Å². The molecule has 1 aromatic carbocycles. The lowest BCUT2D eigenvalue weighted by atomic mass is 10.0. The number of likely N-dealkylation sites (tertiary alicyclic amines) is 1. The molecule has 10 nitrogen and oxygen atoms in total. The number of ketones is 1. The third-order valence-electron chi connectivity index (χ3n) is 8.71. The Labute approximate surface area is 269 Å². The van der Waals surface area contributed by atoms with E-state index >= 15 is 0 Å². The van der Waals surface area contributed by atoms with Crippen LogP contribution in [0, 0.1) is 11.3 Å². The van der Waals surface area contributed by atoms with Gasteiger partial charge in [0.2, 0.25) is 5.82 Å². The normalized spacial score (nSPS) is 19.0. The zero-order valence-electron chi connectivity index (χ0n) is 25.3. The van der Waals surface area contributed by atoms with Crippen LogP contribution in [0.15, 0.2) is 34.9 Å². The van der Waals surface area contributed by atoms with Crippen LogP contribution in [-0.4, -0.2) is 113 Å². The molecule has 3 heterocycles. The molecule has 14 heteroatoms. The molecule has 244 valence electrons. The second kappa shape index (κ2) is 15.9. The zero-order valence-corrected chi connectivity index (χ0v) is 26.9. The predicted octanol–water partition coefficient (Wildman–Crippen LogP) is 4.59. The molecule has 2 aliphatic heterocycles. The number of nitriles is 1. The summed E-state index contributed by atoms with van der Waals surface area (Å²) in [6.45, 7) is 8.19. The lowest BCUT2D eigenvalue weighted by molar-refractivity contribution is -0.192. The smallest absolute Gasteiger partial charge is 0.475 e. The van der Waals surface area contributed by atoms with Crippen molar-refractivity contribution in [3.05, 3.63) is 51.9 Å². The van der Waals surface area contributed by atoms with E-state index in [0.29, 0.717) is 10.3 Å². The number of hydrogen-bond acceptors (Lipinski definition) is 9. The van der Waals surface area contributed by atoms with Crippen LogP contribution in [0.5, 0.6) is 0 Å². The number of benzene rings is 1. The first kappa shape index (κ1) is 34.7. The van der Waals surface area contributed by atoms with Crippen LogP contribution in [0.4, 0.5) is 19.0 Å². The molecule has 2 aromatic rings. The fraction of sp³-hybridized carbons (Fsp3) is 0.581. The van der Waals surface area contributed by atoms with Gasteiger partial charge in [0, 0.05) is 56.6 Å². The van der Waals surface area contributed by atoms with E-state index in [9.17, 15) is 23.2 Å². The Morgan fingerprint density at radius 2 is 1.64 bits per heavy atom. The molecule has 2 saturated heterocycles. The molecule has 0 atom stereocenters. The van der Waals surface area contributed by atoms with Gasteiger partial charge in [-0.3, -0.25) is 14.6 Å². The van der Waals surface area contributed by atoms with Gasteiger partial charge in [-0.2, -0.15) is 18.4 Å². The van der Waals surface area contributed by atoms with Gasteiger partial charge in [-0.1, -0.05) is 37.1 Å². The summed E-state index contributed by atoms with van der Waals surface area (Å²) in [4.78, 5) is 40.5. The van der Waals surface area contributed by atoms with Crippen LogP contribution in [0.1, 0.15) is 60.3 Å². The molecule has 0 amide bonds. The second-order valence-corrected chi connectivity index (χ2v) is 12.7. The van der Waals surface area contributed by atoms with Crippen molar-refractivity contribution >= 4 is 33.5 Å². The predicted molar refractivity (Wildman–Crippen MR) is 166 cm³/mol. The molecule has 45 heavy (non-hydrogen) atoms. The van der Waals surface area contributed by atoms with Crippen LogP contribution in [0.2, 0.25) is 0 Å². The van der Waals surface area contributed by atoms with E-state index in [2.05, 4.69) is 64.7 Å². The molecule has 0 bridgehead atoms. The van der Waals surface area contributed by atoms with Gasteiger partial charge in [-0.15, -0.1) is 0 Å². The number of piperazine rings is 1. The fourth-order valence-corrected chi connectivity index (χ4v) is 6.55. The molecule has 3 aliphatic rings. The first-order valence-electron chi connectivity index (χ1n) is 15.2. The number of aliphatic carboxylic acids is 1. The minimum Gasteiger partial charge on any atom is -0.475 e. The Morgan fingerprint density at radius 1 is 1.04 bits per heavy atom. The number of carboxylic acids is 1. The average Bonchev–Trinajstić information content (AvgIpc) is 3.56. The molecule has 0 radical (unpaired) electrons. The van der Waals surface area contributed by atoms with E-state index in [1.807, 2.05) is 18.2 Å². The van der Waals surface area contributed by atoms with Gasteiger partial charge in [0.25, 0.3) is 0 Å². The van der Waals surface area contributed by atoms with Crippen LogP contribution >= 0.6 is 15.9 Å². The van der Waals surface area contributed by atoms with Gasteiger partial charge in [-0.25, -0.2) is 14.8 Å². The molecular formula is C31H39BrF3N7O3. The molecule has 0 unspecified atom stereocenters.